The molecule has 0 N–H and O–H groups in total. The monoisotopic (exact) mass is 164 g/mol. The Morgan fingerprint density at radius 3 is 2.08 bits per heavy atom. The predicted molar refractivity (Wildman–Crippen MR) is 52.5 cm³/mol. The molecule has 66 valence electrons. The molecule has 0 bridgehead atoms. The zero-order valence-corrected chi connectivity index (χ0v) is 8.00. The van der Waals surface area contributed by atoms with Crippen LogP contribution >= 0.6 is 0 Å². The van der Waals surface area contributed by atoms with Gasteiger partial charge in [-0.2, -0.15) is 0 Å². The molecule has 1 nitrogen and oxygen atoms in total. The maximum absolute atomic E-state index is 10.2. The smallest absolute Gasteiger partial charge is 0.150 e. The summed E-state index contributed by atoms with van der Waals surface area (Å²) in [6.45, 7) is 6.17. The van der Waals surface area contributed by atoms with Crippen LogP contribution < -0.4 is 0 Å². The van der Waals surface area contributed by atoms with Crippen LogP contribution in [0.1, 0.15) is 36.2 Å². The summed E-state index contributed by atoms with van der Waals surface area (Å²) >= 11 is 0. The topological polar surface area (TPSA) is 17.1 Å². The van der Waals surface area contributed by atoms with Crippen LogP contribution in [0.2, 0.25) is 0 Å². The molecule has 1 aromatic rings. The Balaban J connectivity index is 0.000000354. The number of carbonyl (C=O) groups excluding carboxylic acids is 1. The average Bonchev–Trinajstić information content (AvgIpc) is 2.07. The highest BCUT2D eigenvalue weighted by atomic mass is 16.1. The fourth-order valence-corrected chi connectivity index (χ4v) is 0.719. The lowest BCUT2D eigenvalue weighted by Crippen LogP contribution is -1.82. The Morgan fingerprint density at radius 1 is 1.25 bits per heavy atom. The molecule has 0 atom stereocenters. The summed E-state index contributed by atoms with van der Waals surface area (Å²) in [6, 6.07) is 7.51. The molecule has 0 aromatic heterocycles. The molecule has 0 unspecified atom stereocenters. The van der Waals surface area contributed by atoms with Gasteiger partial charge in [-0.3, -0.25) is 4.79 Å². The maximum atomic E-state index is 10.2. The van der Waals surface area contributed by atoms with Crippen molar-refractivity contribution in [2.24, 2.45) is 0 Å². The van der Waals surface area contributed by atoms with E-state index in [0.717, 1.165) is 17.4 Å². The third-order valence-electron chi connectivity index (χ3n) is 1.32. The molecule has 0 heterocycles. The van der Waals surface area contributed by atoms with Crippen molar-refractivity contribution in [3.05, 3.63) is 35.4 Å². The summed E-state index contributed by atoms with van der Waals surface area (Å²) in [7, 11) is 0. The second-order valence-corrected chi connectivity index (χ2v) is 2.68. The van der Waals surface area contributed by atoms with Crippen molar-refractivity contribution in [1.82, 2.24) is 0 Å². The number of aryl methyl sites for hydroxylation is 1. The average molecular weight is 164 g/mol. The molecule has 0 saturated heterocycles. The normalized spacial score (nSPS) is 8.25. The van der Waals surface area contributed by atoms with Gasteiger partial charge in [0.25, 0.3) is 0 Å². The second-order valence-electron chi connectivity index (χ2n) is 2.68. The molecule has 1 aromatic carbocycles. The van der Waals surface area contributed by atoms with E-state index in [4.69, 9.17) is 0 Å². The lowest BCUT2D eigenvalue weighted by Gasteiger charge is -1.92. The van der Waals surface area contributed by atoms with E-state index in [1.807, 2.05) is 31.2 Å². The minimum atomic E-state index is 0.775. The highest BCUT2D eigenvalue weighted by Gasteiger charge is 1.90. The third kappa shape index (κ3) is 3.91. The van der Waals surface area contributed by atoms with Gasteiger partial charge in [0.05, 0.1) is 0 Å². The van der Waals surface area contributed by atoms with E-state index in [9.17, 15) is 4.79 Å². The molecule has 1 heteroatoms. The minimum Gasteiger partial charge on any atom is -0.298 e. The molecule has 0 aliphatic carbocycles. The third-order valence-corrected chi connectivity index (χ3v) is 1.32. The van der Waals surface area contributed by atoms with Crippen molar-refractivity contribution < 1.29 is 4.79 Å². The number of hydrogen-bond acceptors (Lipinski definition) is 1. The first kappa shape index (κ1) is 10.9. The summed E-state index contributed by atoms with van der Waals surface area (Å²) in [4.78, 5) is 10.2. The summed E-state index contributed by atoms with van der Waals surface area (Å²) in [5.74, 6) is 0. The van der Waals surface area contributed by atoms with E-state index in [2.05, 4.69) is 13.8 Å². The van der Waals surface area contributed by atoms with Crippen LogP contribution in [0, 0.1) is 6.92 Å². The van der Waals surface area contributed by atoms with E-state index in [-0.39, 0.29) is 0 Å². The Kier molecular flexibility index (Phi) is 5.98. The van der Waals surface area contributed by atoms with E-state index >= 15 is 0 Å². The summed E-state index contributed by atoms with van der Waals surface area (Å²) in [6.07, 6.45) is 2.12. The predicted octanol–water partition coefficient (Wildman–Crippen LogP) is 3.22. The molecule has 0 aliphatic heterocycles. The molecular formula is C11H16O. The van der Waals surface area contributed by atoms with Crippen LogP contribution in [-0.4, -0.2) is 6.29 Å². The first-order chi connectivity index (χ1) is 5.76. The van der Waals surface area contributed by atoms with Gasteiger partial charge in [0.15, 0.2) is 0 Å². The second kappa shape index (κ2) is 6.59. The molecular weight excluding hydrogens is 148 g/mol. The van der Waals surface area contributed by atoms with E-state index < -0.39 is 0 Å². The van der Waals surface area contributed by atoms with Gasteiger partial charge in [-0.05, 0) is 12.5 Å². The summed E-state index contributed by atoms with van der Waals surface area (Å²) < 4.78 is 0. The highest BCUT2D eigenvalue weighted by molar-refractivity contribution is 5.76. The van der Waals surface area contributed by atoms with E-state index in [0.29, 0.717) is 0 Å². The number of benzene rings is 1. The number of hydrogen-bond donors (Lipinski definition) is 0. The van der Waals surface area contributed by atoms with E-state index in [1.165, 1.54) is 6.42 Å². The lowest BCUT2D eigenvalue weighted by atomic mass is 10.1. The van der Waals surface area contributed by atoms with Crippen LogP contribution in [0.25, 0.3) is 0 Å². The molecule has 0 amide bonds. The van der Waals surface area contributed by atoms with Gasteiger partial charge in [-0.15, -0.1) is 0 Å². The molecule has 0 radical (unpaired) electrons. The fraction of sp³-hybridized carbons (Fsp3) is 0.364. The highest BCUT2D eigenvalue weighted by Crippen LogP contribution is 2.02. The first-order valence-electron chi connectivity index (χ1n) is 4.27. The molecule has 1 rings (SSSR count). The molecule has 0 spiro atoms. The van der Waals surface area contributed by atoms with Crippen molar-refractivity contribution in [3.63, 3.8) is 0 Å². The van der Waals surface area contributed by atoms with Crippen molar-refractivity contribution in [2.75, 3.05) is 0 Å². The van der Waals surface area contributed by atoms with Crippen LogP contribution in [0.15, 0.2) is 24.3 Å². The zero-order chi connectivity index (χ0) is 9.40. The van der Waals surface area contributed by atoms with Crippen molar-refractivity contribution in [1.29, 1.82) is 0 Å². The molecule has 0 aliphatic rings. The van der Waals surface area contributed by atoms with Crippen molar-refractivity contribution >= 4 is 6.29 Å². The quantitative estimate of drug-likeness (QED) is 0.582. The molecule has 12 heavy (non-hydrogen) atoms. The first-order valence-corrected chi connectivity index (χ1v) is 4.27. The number of aldehydes is 1. The van der Waals surface area contributed by atoms with Crippen LogP contribution in [0.4, 0.5) is 0 Å². The standard InChI is InChI=1S/C8H8O.C3H8/c1-7-4-2-3-5-8(7)6-9;1-3-2/h2-6H,1H3;3H2,1-2H3. The van der Waals surface area contributed by atoms with Gasteiger partial charge in [0, 0.05) is 5.56 Å². The maximum Gasteiger partial charge on any atom is 0.150 e. The summed E-state index contributed by atoms with van der Waals surface area (Å²) in [5.41, 5.74) is 1.81. The SMILES string of the molecule is CCC.Cc1ccccc1C=O. The Hall–Kier alpha value is -1.11. The number of rotatable bonds is 1. The van der Waals surface area contributed by atoms with Crippen molar-refractivity contribution in [3.8, 4) is 0 Å². The Labute approximate surface area is 74.4 Å². The Bertz CT molecular complexity index is 228. The van der Waals surface area contributed by atoms with Gasteiger partial charge >= 0.3 is 0 Å². The summed E-state index contributed by atoms with van der Waals surface area (Å²) in [5, 5.41) is 0. The van der Waals surface area contributed by atoms with Crippen LogP contribution in [0.3, 0.4) is 0 Å². The van der Waals surface area contributed by atoms with Crippen LogP contribution in [0.5, 0.6) is 0 Å². The van der Waals surface area contributed by atoms with Gasteiger partial charge in [0.2, 0.25) is 0 Å². The number of carbonyl (C=O) groups is 1. The fourth-order valence-electron chi connectivity index (χ4n) is 0.719. The van der Waals surface area contributed by atoms with Gasteiger partial charge in [-0.1, -0.05) is 44.5 Å². The van der Waals surface area contributed by atoms with E-state index in [1.54, 1.807) is 0 Å². The lowest BCUT2D eigenvalue weighted by molar-refractivity contribution is 0.112. The largest absolute Gasteiger partial charge is 0.298 e. The molecule has 0 saturated carbocycles. The molecule has 0 fully saturated rings. The van der Waals surface area contributed by atoms with Gasteiger partial charge in [-0.25, -0.2) is 0 Å². The zero-order valence-electron chi connectivity index (χ0n) is 8.00. The van der Waals surface area contributed by atoms with Crippen LogP contribution in [-0.2, 0) is 0 Å². The van der Waals surface area contributed by atoms with Crippen molar-refractivity contribution in [2.45, 2.75) is 27.2 Å². The minimum absolute atomic E-state index is 0.775. The Morgan fingerprint density at radius 2 is 1.75 bits per heavy atom. The van der Waals surface area contributed by atoms with Gasteiger partial charge < -0.3 is 0 Å². The van der Waals surface area contributed by atoms with Gasteiger partial charge in [0.1, 0.15) is 6.29 Å².